The summed E-state index contributed by atoms with van der Waals surface area (Å²) < 4.78 is 102. The molecule has 3 saturated heterocycles. The highest BCUT2D eigenvalue weighted by molar-refractivity contribution is 5.76. The van der Waals surface area contributed by atoms with Gasteiger partial charge >= 0.3 is 17.9 Å². The van der Waals surface area contributed by atoms with E-state index < -0.39 is 127 Å². The molecule has 6 aromatic carbocycles. The number of carbonyl (C=O) groups excluding carboxylic acids is 3. The molecule has 6 aromatic rings. The molecule has 3 heterocycles. The molecule has 0 bridgehead atoms. The van der Waals surface area contributed by atoms with E-state index in [2.05, 4.69) is 6.58 Å². The Kier molecular flexibility index (Phi) is 27.8. The normalized spacial score (nSPS) is 26.1. The van der Waals surface area contributed by atoms with Crippen LogP contribution < -0.4 is 0 Å². The molecule has 19 heteroatoms. The van der Waals surface area contributed by atoms with Crippen LogP contribution in [0, 0.1) is 10.8 Å². The molecule has 516 valence electrons. The van der Waals surface area contributed by atoms with Gasteiger partial charge in [0.25, 0.3) is 0 Å². The van der Waals surface area contributed by atoms with Gasteiger partial charge in [0.15, 0.2) is 37.2 Å². The van der Waals surface area contributed by atoms with Gasteiger partial charge in [0.1, 0.15) is 54.9 Å². The molecule has 0 amide bonds. The second-order valence-corrected chi connectivity index (χ2v) is 26.2. The van der Waals surface area contributed by atoms with Crippen LogP contribution in [0.2, 0.25) is 0 Å². The second kappa shape index (κ2) is 36.5. The first kappa shape index (κ1) is 73.2. The molecule has 96 heavy (non-hydrogen) atoms. The van der Waals surface area contributed by atoms with E-state index in [1.165, 1.54) is 6.92 Å². The highest BCUT2D eigenvalue weighted by Gasteiger charge is 2.56. The second-order valence-electron chi connectivity index (χ2n) is 26.2. The minimum absolute atomic E-state index is 0.0232. The summed E-state index contributed by atoms with van der Waals surface area (Å²) in [5, 5.41) is 11.3. The highest BCUT2D eigenvalue weighted by atomic mass is 16.8. The van der Waals surface area contributed by atoms with Crippen LogP contribution in [0.25, 0.3) is 0 Å². The van der Waals surface area contributed by atoms with Gasteiger partial charge in [-0.25, -0.2) is 0 Å². The van der Waals surface area contributed by atoms with Crippen molar-refractivity contribution in [3.05, 3.63) is 228 Å². The highest BCUT2D eigenvalue weighted by Crippen LogP contribution is 2.38. The van der Waals surface area contributed by atoms with Gasteiger partial charge < -0.3 is 76.2 Å². The van der Waals surface area contributed by atoms with Crippen LogP contribution in [0.5, 0.6) is 0 Å². The van der Waals surface area contributed by atoms with Gasteiger partial charge in [-0.15, -0.1) is 6.58 Å². The molecule has 0 radical (unpaired) electrons. The number of hydrogen-bond acceptors (Lipinski definition) is 19. The van der Waals surface area contributed by atoms with E-state index in [9.17, 15) is 19.5 Å². The summed E-state index contributed by atoms with van der Waals surface area (Å²) in [6.45, 7) is 15.0. The van der Waals surface area contributed by atoms with E-state index >= 15 is 0 Å². The number of allylic oxidation sites excluding steroid dienone is 1. The van der Waals surface area contributed by atoms with Crippen LogP contribution in [0.4, 0.5) is 0 Å². The fourth-order valence-corrected chi connectivity index (χ4v) is 11.2. The summed E-state index contributed by atoms with van der Waals surface area (Å²) in [6, 6.07) is 57.2. The topological polar surface area (TPSA) is 210 Å². The van der Waals surface area contributed by atoms with Gasteiger partial charge in [-0.2, -0.15) is 0 Å². The SMILES string of the molecule is C=CCCCO[C@@H]1O[C@H](CO[C@H]2O[C@H](CO[C@@H]3O[C@H](CO)[C@@H](OCc4ccccc4)[C@H](OCc4ccccc4)[C@H]3OC(=O)C(C)(C)C)[C@@H](OCc3ccccc3)[C@H](OCc3ccccc3)[C@@H]2OC(C)=O)[C@@H](OCc2ccccc2)[C@H](OCc2ccccc2)[C@H]1OC(=O)C(C)(C)C. The zero-order chi connectivity index (χ0) is 67.9. The fraction of sp³-hybridized carbons (Fsp3) is 0.468. The number of benzene rings is 6. The van der Waals surface area contributed by atoms with Crippen molar-refractivity contribution in [3.63, 3.8) is 0 Å². The third kappa shape index (κ3) is 21.5. The van der Waals surface area contributed by atoms with Crippen LogP contribution in [0.3, 0.4) is 0 Å². The Morgan fingerprint density at radius 3 is 0.938 bits per heavy atom. The number of ether oxygens (including phenoxy) is 15. The largest absolute Gasteiger partial charge is 0.454 e. The van der Waals surface area contributed by atoms with E-state index in [0.717, 1.165) is 33.4 Å². The number of hydrogen-bond donors (Lipinski definition) is 1. The molecule has 9 rings (SSSR count). The van der Waals surface area contributed by atoms with Crippen LogP contribution in [-0.2, 0) is 125 Å². The average molecular weight is 1320 g/mol. The predicted molar refractivity (Wildman–Crippen MR) is 355 cm³/mol. The number of aliphatic hydroxyl groups is 1. The summed E-state index contributed by atoms with van der Waals surface area (Å²) in [5.41, 5.74) is 3.01. The number of esters is 3. The Morgan fingerprint density at radius 1 is 0.385 bits per heavy atom. The van der Waals surface area contributed by atoms with Gasteiger partial charge in [-0.05, 0) is 87.8 Å². The van der Waals surface area contributed by atoms with Crippen molar-refractivity contribution >= 4 is 17.9 Å². The molecule has 19 nitrogen and oxygen atoms in total. The number of aliphatic hydroxyl groups excluding tert-OH is 1. The third-order valence-corrected chi connectivity index (χ3v) is 16.4. The van der Waals surface area contributed by atoms with E-state index in [-0.39, 0.29) is 59.5 Å². The van der Waals surface area contributed by atoms with E-state index in [0.29, 0.717) is 12.8 Å². The predicted octanol–water partition coefficient (Wildman–Crippen LogP) is 11.5. The Bertz CT molecular complexity index is 3240. The average Bonchev–Trinajstić information content (AvgIpc) is 0.797. The monoisotopic (exact) mass is 1320 g/mol. The summed E-state index contributed by atoms with van der Waals surface area (Å²) in [6.07, 6.45) is -14.7. The maximum absolute atomic E-state index is 14.3. The van der Waals surface area contributed by atoms with Crippen molar-refractivity contribution in [2.45, 2.75) is 193 Å². The maximum Gasteiger partial charge on any atom is 0.311 e. The van der Waals surface area contributed by atoms with E-state index in [1.54, 1.807) is 47.6 Å². The van der Waals surface area contributed by atoms with Crippen LogP contribution in [-0.4, -0.2) is 142 Å². The maximum atomic E-state index is 14.3. The zero-order valence-electron chi connectivity index (χ0n) is 56.0. The molecule has 0 unspecified atom stereocenters. The Balaban J connectivity index is 1.11. The minimum Gasteiger partial charge on any atom is -0.454 e. The summed E-state index contributed by atoms with van der Waals surface area (Å²) >= 11 is 0. The summed E-state index contributed by atoms with van der Waals surface area (Å²) in [7, 11) is 0. The first-order chi connectivity index (χ1) is 46.4. The van der Waals surface area contributed by atoms with Crippen molar-refractivity contribution < 1.29 is 90.5 Å². The first-order valence-corrected chi connectivity index (χ1v) is 33.0. The molecule has 3 fully saturated rings. The van der Waals surface area contributed by atoms with Gasteiger partial charge in [-0.1, -0.05) is 188 Å². The quantitative estimate of drug-likeness (QED) is 0.0176. The van der Waals surface area contributed by atoms with Gasteiger partial charge in [-0.3, -0.25) is 14.4 Å². The first-order valence-electron chi connectivity index (χ1n) is 33.0. The van der Waals surface area contributed by atoms with Gasteiger partial charge in [0.05, 0.1) is 76.9 Å². The van der Waals surface area contributed by atoms with E-state index in [1.807, 2.05) is 182 Å². The number of unbranched alkanes of at least 4 members (excludes halogenated alkanes) is 1. The Labute approximate surface area is 564 Å². The zero-order valence-corrected chi connectivity index (χ0v) is 56.0. The van der Waals surface area contributed by atoms with E-state index in [4.69, 9.17) is 71.1 Å². The molecule has 0 aliphatic carbocycles. The van der Waals surface area contributed by atoms with Gasteiger partial charge in [0.2, 0.25) is 0 Å². The third-order valence-electron chi connectivity index (χ3n) is 16.4. The summed E-state index contributed by atoms with van der Waals surface area (Å²) in [4.78, 5) is 42.1. The molecule has 1 N–H and O–H groups in total. The van der Waals surface area contributed by atoms with Gasteiger partial charge in [0, 0.05) is 6.92 Å². The summed E-state index contributed by atoms with van der Waals surface area (Å²) in [5.74, 6) is -1.78. The molecular weight excluding hydrogens is 1230 g/mol. The lowest BCUT2D eigenvalue weighted by Gasteiger charge is -2.48. The Hall–Kier alpha value is -7.05. The van der Waals surface area contributed by atoms with Crippen LogP contribution >= 0.6 is 0 Å². The molecule has 15 atom stereocenters. The molecule has 0 saturated carbocycles. The fourth-order valence-electron chi connectivity index (χ4n) is 11.2. The van der Waals surface area contributed by atoms with Crippen LogP contribution in [0.15, 0.2) is 195 Å². The van der Waals surface area contributed by atoms with Crippen molar-refractivity contribution in [2.75, 3.05) is 26.4 Å². The van der Waals surface area contributed by atoms with Crippen molar-refractivity contribution in [3.8, 4) is 0 Å². The minimum atomic E-state index is -1.48. The van der Waals surface area contributed by atoms with Crippen LogP contribution in [0.1, 0.15) is 94.7 Å². The molecule has 3 aliphatic heterocycles. The lowest BCUT2D eigenvalue weighted by atomic mass is 9.95. The standard InChI is InChI=1S/C77H94O19/c1-9-10-29-42-82-71-69(95-74(80)76(3,4)5)67(88-49-58-40-27-16-28-41-58)64(85-46-55-34-21-13-22-35-55)60(93-71)50-89-72-68(91-52(2)79)66(87-48-57-38-25-15-26-39-57)63(84-45-54-32-19-12-20-33-54)61(94-72)51-90-73-70(96-75(81)77(6,7)8)65(86-47-56-36-23-14-24-37-56)62(59(43-78)92-73)83-44-53-30-17-11-18-31-53/h9,11-28,30-41,59-73,78H,1,10,29,42-51H2,2-8H3/t59-,60-,61-,62-,63-,64-,65+,66+,67+,68+,69-,70-,71-,72+,73-/m1/s1. The lowest BCUT2D eigenvalue weighted by Crippen LogP contribution is -2.65. The van der Waals surface area contributed by atoms with Crippen molar-refractivity contribution in [2.24, 2.45) is 10.8 Å². The number of rotatable bonds is 33. The molecular formula is C77H94O19. The van der Waals surface area contributed by atoms with Crippen molar-refractivity contribution in [1.29, 1.82) is 0 Å². The molecule has 0 aromatic heterocycles. The lowest BCUT2D eigenvalue weighted by molar-refractivity contribution is -0.356. The molecule has 3 aliphatic rings. The number of carbonyl (C=O) groups is 3. The smallest absolute Gasteiger partial charge is 0.311 e. The molecule has 0 spiro atoms. The van der Waals surface area contributed by atoms with Crippen molar-refractivity contribution in [1.82, 2.24) is 0 Å². The Morgan fingerprint density at radius 2 is 0.656 bits per heavy atom.